The Labute approximate surface area is 303 Å². The second kappa shape index (κ2) is 13.6. The van der Waals surface area contributed by atoms with E-state index in [2.05, 4.69) is 50.4 Å². The van der Waals surface area contributed by atoms with E-state index in [1.807, 2.05) is 48.5 Å². The number of amides is 4. The third kappa shape index (κ3) is 6.34. The van der Waals surface area contributed by atoms with E-state index in [0.29, 0.717) is 21.5 Å². The summed E-state index contributed by atoms with van der Waals surface area (Å²) in [6, 6.07) is 35.0. The Morgan fingerprint density at radius 1 is 0.784 bits per heavy atom. The highest BCUT2D eigenvalue weighted by molar-refractivity contribution is 9.10. The molecule has 5 aromatic carbocycles. The molecule has 9 heteroatoms. The fraction of sp³-hybridized carbons (Fsp3) is 0.167. The Morgan fingerprint density at radius 2 is 1.39 bits per heavy atom. The molecule has 2 atom stereocenters. The normalized spacial score (nSPS) is 19.2. The highest BCUT2D eigenvalue weighted by Gasteiger charge is 2.40. The van der Waals surface area contributed by atoms with Crippen molar-refractivity contribution in [1.29, 1.82) is 0 Å². The molecule has 3 aliphatic heterocycles. The van der Waals surface area contributed by atoms with Crippen LogP contribution in [0.5, 0.6) is 5.75 Å². The summed E-state index contributed by atoms with van der Waals surface area (Å²) in [5.74, 6) is -1.33. The van der Waals surface area contributed by atoms with Gasteiger partial charge in [0.1, 0.15) is 23.7 Å². The number of ether oxygens (including phenoxy) is 1. The number of anilines is 2. The summed E-state index contributed by atoms with van der Waals surface area (Å²) >= 11 is 3.48. The van der Waals surface area contributed by atoms with Gasteiger partial charge < -0.3 is 9.64 Å². The van der Waals surface area contributed by atoms with Crippen molar-refractivity contribution in [2.45, 2.75) is 31.3 Å². The van der Waals surface area contributed by atoms with Crippen LogP contribution in [0, 0.1) is 5.82 Å². The quantitative estimate of drug-likeness (QED) is 0.133. The van der Waals surface area contributed by atoms with Crippen LogP contribution in [0.15, 0.2) is 125 Å². The van der Waals surface area contributed by atoms with E-state index in [1.54, 1.807) is 30.3 Å². The number of urea groups is 1. The van der Waals surface area contributed by atoms with Gasteiger partial charge >= 0.3 is 6.03 Å². The molecule has 0 aliphatic carbocycles. The number of hydrogen-bond acceptors (Lipinski definition) is 5. The number of benzene rings is 5. The third-order valence-corrected chi connectivity index (χ3v) is 10.4. The lowest BCUT2D eigenvalue weighted by Gasteiger charge is -2.44. The van der Waals surface area contributed by atoms with Crippen LogP contribution >= 0.6 is 15.9 Å². The molecule has 0 spiro atoms. The first-order valence-corrected chi connectivity index (χ1v) is 17.7. The highest BCUT2D eigenvalue weighted by Crippen LogP contribution is 2.50. The van der Waals surface area contributed by atoms with E-state index in [0.717, 1.165) is 53.2 Å². The number of hydrogen-bond donors (Lipinski definition) is 1. The maximum Gasteiger partial charge on any atom is 0.335 e. The molecule has 1 fully saturated rings. The maximum absolute atomic E-state index is 14.4. The van der Waals surface area contributed by atoms with Crippen molar-refractivity contribution in [3.8, 4) is 5.75 Å². The number of imide groups is 2. The van der Waals surface area contributed by atoms with E-state index >= 15 is 0 Å². The van der Waals surface area contributed by atoms with Crippen molar-refractivity contribution in [1.82, 2.24) is 5.32 Å². The highest BCUT2D eigenvalue weighted by atomic mass is 79.9. The lowest BCUT2D eigenvalue weighted by Crippen LogP contribution is -2.54. The molecule has 8 rings (SSSR count). The Hall–Kier alpha value is -5.54. The van der Waals surface area contributed by atoms with Crippen LogP contribution in [0.3, 0.4) is 0 Å². The molecule has 3 aliphatic rings. The van der Waals surface area contributed by atoms with Gasteiger partial charge in [-0.1, -0.05) is 88.7 Å². The van der Waals surface area contributed by atoms with Crippen LogP contribution in [0.2, 0.25) is 0 Å². The molecule has 1 saturated heterocycles. The Balaban J connectivity index is 1.21. The van der Waals surface area contributed by atoms with E-state index in [1.165, 1.54) is 29.3 Å². The molecule has 0 saturated carbocycles. The number of carbonyl (C=O) groups excluding carboxylic acids is 3. The van der Waals surface area contributed by atoms with Crippen LogP contribution in [-0.2, 0) is 16.2 Å². The molecule has 7 nitrogen and oxygen atoms in total. The van der Waals surface area contributed by atoms with Gasteiger partial charge in [-0.3, -0.25) is 14.9 Å². The first-order valence-electron chi connectivity index (χ1n) is 16.9. The van der Waals surface area contributed by atoms with Crippen LogP contribution in [-0.4, -0.2) is 30.9 Å². The van der Waals surface area contributed by atoms with Crippen LogP contribution in [0.25, 0.3) is 6.08 Å². The van der Waals surface area contributed by atoms with Crippen molar-refractivity contribution >= 4 is 51.2 Å². The van der Waals surface area contributed by atoms with Crippen LogP contribution < -0.4 is 19.9 Å². The van der Waals surface area contributed by atoms with Crippen molar-refractivity contribution in [2.75, 3.05) is 22.9 Å². The number of nitrogens with zero attached hydrogens (tertiary/aromatic N) is 2. The summed E-state index contributed by atoms with van der Waals surface area (Å²) in [6.45, 7) is 1.95. The van der Waals surface area contributed by atoms with Gasteiger partial charge in [0.2, 0.25) is 0 Å². The summed E-state index contributed by atoms with van der Waals surface area (Å²) in [6.07, 6.45) is 3.23. The summed E-state index contributed by atoms with van der Waals surface area (Å²) in [5.41, 5.74) is 7.05. The zero-order valence-electron chi connectivity index (χ0n) is 27.5. The molecule has 3 heterocycles. The molecule has 5 aromatic rings. The molecule has 0 unspecified atom stereocenters. The molecule has 51 heavy (non-hydrogen) atoms. The fourth-order valence-corrected chi connectivity index (χ4v) is 7.90. The molecule has 0 radical (unpaired) electrons. The average Bonchev–Trinajstić information content (AvgIpc) is 3.14. The molecule has 1 N–H and O–H groups in total. The molecular weight excluding hydrogens is 709 g/mol. The minimum Gasteiger partial charge on any atom is -0.488 e. The van der Waals surface area contributed by atoms with Gasteiger partial charge in [-0.05, 0) is 89.2 Å². The molecular formula is C42H33BrFN3O4. The number of rotatable bonds is 7. The first-order chi connectivity index (χ1) is 24.8. The van der Waals surface area contributed by atoms with Gasteiger partial charge in [-0.2, -0.15) is 0 Å². The van der Waals surface area contributed by atoms with Crippen molar-refractivity contribution in [2.24, 2.45) is 0 Å². The first kappa shape index (κ1) is 32.7. The Bertz CT molecular complexity index is 2120. The SMILES string of the molecule is O=C1NC(=O)N(c2cc3c4c(c2)[C@H](c2ccccc2)CCN4CC[C@H]3c2ccccc2)C(=O)/C1=C/c1cc(Br)ccc1OCc1ccc(F)cc1. The van der Waals surface area contributed by atoms with E-state index in [-0.39, 0.29) is 29.8 Å². The minimum atomic E-state index is -0.799. The maximum atomic E-state index is 14.4. The lowest BCUT2D eigenvalue weighted by atomic mass is 9.76. The van der Waals surface area contributed by atoms with Gasteiger partial charge in [-0.25, -0.2) is 14.1 Å². The number of carbonyl (C=O) groups is 3. The number of halogens is 2. The Morgan fingerprint density at radius 3 is 2.00 bits per heavy atom. The average molecular weight is 743 g/mol. The van der Waals surface area contributed by atoms with Crippen LogP contribution in [0.1, 0.15) is 58.1 Å². The predicted molar refractivity (Wildman–Crippen MR) is 198 cm³/mol. The monoisotopic (exact) mass is 741 g/mol. The smallest absolute Gasteiger partial charge is 0.335 e. The minimum absolute atomic E-state index is 0.0627. The second-order valence-corrected chi connectivity index (χ2v) is 13.9. The topological polar surface area (TPSA) is 79.0 Å². The van der Waals surface area contributed by atoms with Gasteiger partial charge in [0, 0.05) is 40.6 Å². The molecule has 0 aromatic heterocycles. The Kier molecular flexibility index (Phi) is 8.73. The van der Waals surface area contributed by atoms with Gasteiger partial charge in [0.15, 0.2) is 0 Å². The van der Waals surface area contributed by atoms with Crippen molar-refractivity contribution < 1.29 is 23.5 Å². The van der Waals surface area contributed by atoms with Gasteiger partial charge in [-0.15, -0.1) is 0 Å². The summed E-state index contributed by atoms with van der Waals surface area (Å²) in [4.78, 5) is 44.9. The van der Waals surface area contributed by atoms with Gasteiger partial charge in [0.25, 0.3) is 11.8 Å². The second-order valence-electron chi connectivity index (χ2n) is 13.0. The van der Waals surface area contributed by atoms with Crippen molar-refractivity contribution in [3.05, 3.63) is 165 Å². The van der Waals surface area contributed by atoms with Crippen molar-refractivity contribution in [3.63, 3.8) is 0 Å². The van der Waals surface area contributed by atoms with E-state index in [4.69, 9.17) is 4.74 Å². The predicted octanol–water partition coefficient (Wildman–Crippen LogP) is 8.71. The zero-order chi connectivity index (χ0) is 35.1. The molecule has 4 amide bonds. The summed E-state index contributed by atoms with van der Waals surface area (Å²) < 4.78 is 20.2. The molecule has 0 bridgehead atoms. The van der Waals surface area contributed by atoms with E-state index < -0.39 is 17.8 Å². The van der Waals surface area contributed by atoms with Crippen LogP contribution in [0.4, 0.5) is 20.6 Å². The number of barbiturate groups is 1. The van der Waals surface area contributed by atoms with E-state index in [9.17, 15) is 18.8 Å². The fourth-order valence-electron chi connectivity index (χ4n) is 7.52. The lowest BCUT2D eigenvalue weighted by molar-refractivity contribution is -0.122. The summed E-state index contributed by atoms with van der Waals surface area (Å²) in [7, 11) is 0. The molecule has 254 valence electrons. The largest absolute Gasteiger partial charge is 0.488 e. The number of nitrogens with one attached hydrogen (secondary N) is 1. The standard InChI is InChI=1S/C42H33BrFN3O4/c43-30-13-16-38(51-25-26-11-14-31(44)15-12-26)29(21-30)22-37-40(48)45-42(50)47(41(37)49)32-23-35-33(27-7-3-1-4-8-27)17-19-46-20-18-34(36(24-32)39(35)46)28-9-5-2-6-10-28/h1-16,21-24,33-34H,17-20,25H2,(H,45,48,50)/b37-22+/t33-,34-/m0/s1. The third-order valence-electron chi connectivity index (χ3n) is 9.94. The summed E-state index contributed by atoms with van der Waals surface area (Å²) in [5, 5.41) is 2.41. The van der Waals surface area contributed by atoms with Gasteiger partial charge in [0.05, 0.1) is 5.69 Å². The zero-order valence-corrected chi connectivity index (χ0v) is 29.1.